The lowest BCUT2D eigenvalue weighted by Gasteiger charge is -2.72. The van der Waals surface area contributed by atoms with E-state index in [1.165, 1.54) is 86.4 Å². The third kappa shape index (κ3) is 7.05. The zero-order valence-electron chi connectivity index (χ0n) is 37.6. The minimum absolute atomic E-state index is 0.0177. The number of hydrogen-bond donors (Lipinski definition) is 3. The van der Waals surface area contributed by atoms with Crippen molar-refractivity contribution in [2.45, 2.75) is 124 Å². The van der Waals surface area contributed by atoms with E-state index in [4.69, 9.17) is 10.5 Å². The minimum atomic E-state index is -1.88. The predicted molar refractivity (Wildman–Crippen MR) is 242 cm³/mol. The normalized spacial score (nSPS) is 40.7. The summed E-state index contributed by atoms with van der Waals surface area (Å²) >= 11 is 0. The molecule has 4 N–H and O–H groups in total. The summed E-state index contributed by atoms with van der Waals surface area (Å²) in [4.78, 5) is 31.2. The van der Waals surface area contributed by atoms with Crippen LogP contribution in [0.2, 0.25) is 0 Å². The number of primary amides is 1. The molecule has 5 fully saturated rings. The standard InChI is InChI=1S/C50H74N4O5S/c1-33(2)36-13-21-50(53-25-26-54-27-29-60(8,58)30-28-54)23-22-47(6)38(42(36)50)9-10-40-46(5)17-14-37(45(3,4)39(46)15-18-48(40,47)7)34-11-19-49(20-12-34,44(56)57)32-59-41-31-35(43(51)55)16-24-52-41/h11,14,16,24,31,36,38-40,42,53H,1,8-10,12-13,15,17-23,25-30,32H2,2-7H3,(H2,51,55)(H,56,57)/t36-,38+,39-,40+,42+,46-,47+,48+,49+,50-/m0/s1. The van der Waals surface area contributed by atoms with Crippen molar-refractivity contribution in [2.75, 3.05) is 44.3 Å². The Balaban J connectivity index is 1.000. The second kappa shape index (κ2) is 15.4. The Morgan fingerprint density at radius 3 is 2.40 bits per heavy atom. The molecule has 8 rings (SSSR count). The monoisotopic (exact) mass is 843 g/mol. The highest BCUT2D eigenvalue weighted by molar-refractivity contribution is 8.00. The van der Waals surface area contributed by atoms with Gasteiger partial charge in [0, 0.05) is 61.1 Å². The molecule has 0 spiro atoms. The van der Waals surface area contributed by atoms with Crippen LogP contribution in [0.3, 0.4) is 0 Å². The van der Waals surface area contributed by atoms with Gasteiger partial charge in [-0.05, 0) is 168 Å². The largest absolute Gasteiger partial charge is 0.481 e. The maximum Gasteiger partial charge on any atom is 0.313 e. The number of pyridine rings is 1. The van der Waals surface area contributed by atoms with E-state index in [0.717, 1.165) is 44.1 Å². The first kappa shape index (κ1) is 43.7. The third-order valence-corrected chi connectivity index (χ3v) is 20.9. The third-order valence-electron chi connectivity index (χ3n) is 19.0. The van der Waals surface area contributed by atoms with Gasteiger partial charge in [-0.1, -0.05) is 58.9 Å². The van der Waals surface area contributed by atoms with E-state index in [2.05, 4.69) is 81.3 Å². The number of carboxylic acid groups (broad SMARTS) is 1. The number of ether oxygens (including phenoxy) is 1. The lowest BCUT2D eigenvalue weighted by Crippen LogP contribution is -2.68. The van der Waals surface area contributed by atoms with Crippen LogP contribution < -0.4 is 15.8 Å². The van der Waals surface area contributed by atoms with Crippen LogP contribution in [0, 0.1) is 56.7 Å². The van der Waals surface area contributed by atoms with E-state index < -0.39 is 26.8 Å². The fourth-order valence-corrected chi connectivity index (χ4v) is 16.9. The van der Waals surface area contributed by atoms with E-state index >= 15 is 0 Å². The second-order valence-electron chi connectivity index (χ2n) is 22.1. The highest BCUT2D eigenvalue weighted by Gasteiger charge is 2.70. The number of amides is 1. The number of allylic oxidation sites excluding steroid dienone is 5. The zero-order valence-corrected chi connectivity index (χ0v) is 38.4. The summed E-state index contributed by atoms with van der Waals surface area (Å²) in [7, 11) is -1.88. The molecule has 10 atom stereocenters. The first-order chi connectivity index (χ1) is 28.2. The van der Waals surface area contributed by atoms with Gasteiger partial charge >= 0.3 is 5.97 Å². The van der Waals surface area contributed by atoms with Crippen LogP contribution >= 0.6 is 0 Å². The smallest absolute Gasteiger partial charge is 0.313 e. The fourth-order valence-electron chi connectivity index (χ4n) is 15.5. The van der Waals surface area contributed by atoms with E-state index in [1.54, 1.807) is 0 Å². The molecule has 10 heteroatoms. The molecule has 6 aliphatic carbocycles. The molecule has 1 saturated heterocycles. The first-order valence-corrected chi connectivity index (χ1v) is 25.2. The highest BCUT2D eigenvalue weighted by Crippen LogP contribution is 2.76. The Hall–Kier alpha value is -2.95. The Kier molecular flexibility index (Phi) is 11.2. The van der Waals surface area contributed by atoms with Gasteiger partial charge < -0.3 is 25.8 Å². The number of nitrogens with one attached hydrogen (secondary N) is 1. The topological polar surface area (TPSA) is 135 Å². The van der Waals surface area contributed by atoms with Gasteiger partial charge in [-0.15, -0.1) is 0 Å². The number of nitrogens with two attached hydrogens (primary N) is 1. The number of carbonyl (C=O) groups is 2. The number of nitrogens with zero attached hydrogens (tertiary/aromatic N) is 2. The van der Waals surface area contributed by atoms with Crippen molar-refractivity contribution in [1.29, 1.82) is 0 Å². The van der Waals surface area contributed by atoms with Crippen molar-refractivity contribution >= 4 is 27.3 Å². The van der Waals surface area contributed by atoms with Gasteiger partial charge in [-0.25, -0.2) is 4.98 Å². The highest BCUT2D eigenvalue weighted by atomic mass is 32.2. The number of rotatable bonds is 11. The van der Waals surface area contributed by atoms with E-state index in [-0.39, 0.29) is 45.2 Å². The summed E-state index contributed by atoms with van der Waals surface area (Å²) in [6.45, 7) is 23.8. The summed E-state index contributed by atoms with van der Waals surface area (Å²) in [5.41, 5.74) is 9.63. The van der Waals surface area contributed by atoms with Crippen molar-refractivity contribution in [2.24, 2.45) is 62.4 Å². The van der Waals surface area contributed by atoms with E-state index in [0.29, 0.717) is 48.9 Å². The average molecular weight is 843 g/mol. The molecule has 2 heterocycles. The molecule has 330 valence electrons. The van der Waals surface area contributed by atoms with Gasteiger partial charge in [0.15, 0.2) is 0 Å². The number of aromatic nitrogens is 1. The summed E-state index contributed by atoms with van der Waals surface area (Å²) in [6.07, 6.45) is 19.0. The lowest BCUT2D eigenvalue weighted by molar-refractivity contribution is -0.221. The molecule has 0 unspecified atom stereocenters. The molecule has 7 aliphatic rings. The van der Waals surface area contributed by atoms with Crippen molar-refractivity contribution < 1.29 is 23.6 Å². The molecule has 1 amide bonds. The van der Waals surface area contributed by atoms with Crippen molar-refractivity contribution in [3.8, 4) is 5.88 Å². The van der Waals surface area contributed by atoms with Crippen molar-refractivity contribution in [3.63, 3.8) is 0 Å². The number of hydrogen-bond acceptors (Lipinski definition) is 7. The maximum atomic E-state index is 12.8. The number of aliphatic carboxylic acids is 1. The molecule has 0 aromatic carbocycles. The van der Waals surface area contributed by atoms with E-state index in [9.17, 15) is 18.9 Å². The predicted octanol–water partition coefficient (Wildman–Crippen LogP) is 8.31. The molecular weight excluding hydrogens is 769 g/mol. The maximum absolute atomic E-state index is 12.8. The summed E-state index contributed by atoms with van der Waals surface area (Å²) in [6, 6.07) is 3.00. The molecule has 4 saturated carbocycles. The van der Waals surface area contributed by atoms with Crippen LogP contribution in [0.1, 0.15) is 129 Å². The van der Waals surface area contributed by atoms with Crippen LogP contribution in [0.15, 0.2) is 53.8 Å². The van der Waals surface area contributed by atoms with Crippen LogP contribution in [-0.4, -0.2) is 86.8 Å². The molecule has 1 aromatic rings. The number of fused-ring (bicyclic) bond motifs is 7. The Morgan fingerprint density at radius 2 is 1.73 bits per heavy atom. The molecule has 1 aliphatic heterocycles. The van der Waals surface area contributed by atoms with Crippen molar-refractivity contribution in [3.05, 3.63) is 59.3 Å². The Morgan fingerprint density at radius 1 is 0.983 bits per heavy atom. The summed E-state index contributed by atoms with van der Waals surface area (Å²) in [5, 5.41) is 14.8. The van der Waals surface area contributed by atoms with Gasteiger partial charge in [-0.2, -0.15) is 0 Å². The van der Waals surface area contributed by atoms with Crippen LogP contribution in [0.4, 0.5) is 0 Å². The van der Waals surface area contributed by atoms with Gasteiger partial charge in [0.05, 0.1) is 0 Å². The van der Waals surface area contributed by atoms with Gasteiger partial charge in [0.25, 0.3) is 0 Å². The average Bonchev–Trinajstić information content (AvgIpc) is 3.58. The summed E-state index contributed by atoms with van der Waals surface area (Å²) < 4.78 is 18.5. The Labute approximate surface area is 360 Å². The van der Waals surface area contributed by atoms with Crippen LogP contribution in [0.25, 0.3) is 0 Å². The first-order valence-electron chi connectivity index (χ1n) is 23.2. The summed E-state index contributed by atoms with van der Waals surface area (Å²) in [5.74, 6) is 7.27. The van der Waals surface area contributed by atoms with Crippen LogP contribution in [0.5, 0.6) is 5.88 Å². The minimum Gasteiger partial charge on any atom is -0.481 e. The second-order valence-corrected chi connectivity index (χ2v) is 24.8. The van der Waals surface area contributed by atoms with Gasteiger partial charge in [0.1, 0.15) is 12.0 Å². The fraction of sp³-hybridized carbons (Fsp3) is 0.720. The molecule has 0 radical (unpaired) electrons. The number of carbonyl (C=O) groups excluding carboxylic acids is 1. The Bertz CT molecular complexity index is 2060. The quantitative estimate of drug-likeness (QED) is 0.150. The molecule has 0 bridgehead atoms. The van der Waals surface area contributed by atoms with Gasteiger partial charge in [-0.3, -0.25) is 13.8 Å². The lowest BCUT2D eigenvalue weighted by atomic mass is 9.33. The molecule has 1 aromatic heterocycles. The van der Waals surface area contributed by atoms with Gasteiger partial charge in [0.2, 0.25) is 11.8 Å². The van der Waals surface area contributed by atoms with Crippen molar-refractivity contribution in [1.82, 2.24) is 15.2 Å². The molecule has 60 heavy (non-hydrogen) atoms. The molecular formula is C50H74N4O5S. The SMILES string of the molecule is C=C(C)[C@@H]1CC[C@]2(NCCN3CCS(=C)(=O)CC3)CC[C@]3(C)[C@H](CC[C@@H]4[C@@]5(C)CC=C(C6=CC[C@@](COc7cc(C(N)=O)ccn7)(C(=O)O)CC6)C(C)(C)[C@@H]5CC[C@]43C)[C@@H]12. The zero-order chi connectivity index (χ0) is 43.1. The molecule has 9 nitrogen and oxygen atoms in total. The van der Waals surface area contributed by atoms with Crippen LogP contribution in [-0.2, 0) is 14.3 Å². The number of carboxylic acids is 1. The van der Waals surface area contributed by atoms with E-state index in [1.807, 2.05) is 0 Å².